The van der Waals surface area contributed by atoms with Crippen LogP contribution in [0.4, 0.5) is 0 Å². The molecule has 0 radical (unpaired) electrons. The van der Waals surface area contributed by atoms with Crippen LogP contribution in [0.1, 0.15) is 41.0 Å². The van der Waals surface area contributed by atoms with E-state index in [-0.39, 0.29) is 11.1 Å². The van der Waals surface area contributed by atoms with Gasteiger partial charge in [0.1, 0.15) is 11.4 Å². The molecule has 15 heavy (non-hydrogen) atoms. The lowest BCUT2D eigenvalue weighted by molar-refractivity contribution is 0.0681. The molecule has 84 valence electrons. The second kappa shape index (κ2) is 2.88. The Balaban J connectivity index is 2.41. The summed E-state index contributed by atoms with van der Waals surface area (Å²) < 4.78 is 5.93. The molecule has 0 spiro atoms. The molecule has 2 rings (SSSR count). The Kier molecular flexibility index (Phi) is 2.06. The number of rotatable bonds is 0. The third-order valence-corrected chi connectivity index (χ3v) is 3.94. The maximum Gasteiger partial charge on any atom is 0.119 e. The lowest BCUT2D eigenvalue weighted by Crippen LogP contribution is -2.46. The molecule has 2 atom stereocenters. The van der Waals surface area contributed by atoms with E-state index in [4.69, 9.17) is 10.5 Å². The number of allylic oxidation sites excluding steroid dienone is 1. The Bertz CT molecular complexity index is 361. The van der Waals surface area contributed by atoms with E-state index in [9.17, 15) is 0 Å². The molecule has 2 unspecified atom stereocenters. The van der Waals surface area contributed by atoms with Gasteiger partial charge in [-0.15, -0.1) is 0 Å². The summed E-state index contributed by atoms with van der Waals surface area (Å²) in [6, 6.07) is 0. The summed E-state index contributed by atoms with van der Waals surface area (Å²) >= 11 is 0. The lowest BCUT2D eigenvalue weighted by atomic mass is 9.72. The highest BCUT2D eigenvalue weighted by Crippen LogP contribution is 2.45. The summed E-state index contributed by atoms with van der Waals surface area (Å²) in [5, 5.41) is 0. The van der Waals surface area contributed by atoms with Crippen molar-refractivity contribution in [2.75, 3.05) is 0 Å². The van der Waals surface area contributed by atoms with E-state index in [0.717, 1.165) is 12.2 Å². The van der Waals surface area contributed by atoms with Gasteiger partial charge in [0.05, 0.1) is 0 Å². The molecule has 0 aromatic carbocycles. The van der Waals surface area contributed by atoms with Crippen molar-refractivity contribution in [2.24, 2.45) is 11.7 Å². The first kappa shape index (κ1) is 10.7. The normalized spacial score (nSPS) is 38.5. The van der Waals surface area contributed by atoms with Crippen LogP contribution in [-0.4, -0.2) is 11.1 Å². The maximum absolute atomic E-state index is 6.35. The van der Waals surface area contributed by atoms with Gasteiger partial charge in [0.2, 0.25) is 0 Å². The Morgan fingerprint density at radius 3 is 2.60 bits per heavy atom. The minimum Gasteiger partial charge on any atom is -0.488 e. The molecule has 1 aliphatic carbocycles. The first-order chi connectivity index (χ1) is 6.74. The largest absolute Gasteiger partial charge is 0.488 e. The third-order valence-electron chi connectivity index (χ3n) is 3.94. The van der Waals surface area contributed by atoms with Gasteiger partial charge >= 0.3 is 0 Å². The molecule has 1 heterocycles. The minimum atomic E-state index is -0.220. The summed E-state index contributed by atoms with van der Waals surface area (Å²) in [5.74, 6) is 1.44. The predicted octanol–water partition coefficient (Wildman–Crippen LogP) is 2.75. The van der Waals surface area contributed by atoms with E-state index < -0.39 is 0 Å². The quantitative estimate of drug-likeness (QED) is 0.663. The van der Waals surface area contributed by atoms with Crippen LogP contribution in [0.25, 0.3) is 0 Å². The van der Waals surface area contributed by atoms with Crippen molar-refractivity contribution in [1.82, 2.24) is 0 Å². The average Bonchev–Trinajstić information content (AvgIpc) is 2.38. The maximum atomic E-state index is 6.35. The van der Waals surface area contributed by atoms with Crippen LogP contribution >= 0.6 is 0 Å². The third kappa shape index (κ3) is 1.51. The molecule has 0 saturated heterocycles. The second-order valence-electron chi connectivity index (χ2n) is 5.76. The van der Waals surface area contributed by atoms with Gasteiger partial charge < -0.3 is 10.5 Å². The predicted molar refractivity (Wildman–Crippen MR) is 62.3 cm³/mol. The van der Waals surface area contributed by atoms with E-state index in [1.165, 1.54) is 11.1 Å². The molecule has 1 aliphatic heterocycles. The summed E-state index contributed by atoms with van der Waals surface area (Å²) in [4.78, 5) is 0. The zero-order chi connectivity index (χ0) is 11.4. The van der Waals surface area contributed by atoms with Gasteiger partial charge in [-0.3, -0.25) is 0 Å². The molecule has 2 nitrogen and oxygen atoms in total. The summed E-state index contributed by atoms with van der Waals surface area (Å²) in [5.41, 5.74) is 8.67. The summed E-state index contributed by atoms with van der Waals surface area (Å²) in [6.07, 6.45) is 3.12. The van der Waals surface area contributed by atoms with E-state index in [2.05, 4.69) is 40.7 Å². The zero-order valence-corrected chi connectivity index (χ0v) is 10.3. The van der Waals surface area contributed by atoms with E-state index in [1.807, 2.05) is 0 Å². The Morgan fingerprint density at radius 2 is 2.00 bits per heavy atom. The van der Waals surface area contributed by atoms with Crippen LogP contribution in [0.15, 0.2) is 23.0 Å². The molecule has 2 heteroatoms. The first-order valence-corrected chi connectivity index (χ1v) is 5.64. The van der Waals surface area contributed by atoms with Crippen molar-refractivity contribution >= 4 is 0 Å². The number of hydrogen-bond acceptors (Lipinski definition) is 2. The second-order valence-corrected chi connectivity index (χ2v) is 5.76. The highest BCUT2D eigenvalue weighted by atomic mass is 16.5. The Morgan fingerprint density at radius 1 is 1.40 bits per heavy atom. The van der Waals surface area contributed by atoms with Crippen LogP contribution in [0.3, 0.4) is 0 Å². The van der Waals surface area contributed by atoms with Gasteiger partial charge in [-0.25, -0.2) is 0 Å². The first-order valence-electron chi connectivity index (χ1n) is 5.64. The monoisotopic (exact) mass is 207 g/mol. The summed E-state index contributed by atoms with van der Waals surface area (Å²) in [6.45, 7) is 10.7. The molecule has 0 amide bonds. The highest BCUT2D eigenvalue weighted by Gasteiger charge is 2.42. The van der Waals surface area contributed by atoms with Crippen LogP contribution < -0.4 is 5.73 Å². The van der Waals surface area contributed by atoms with E-state index in [1.54, 1.807) is 0 Å². The standard InChI is InChI=1S/C13H21NO/c1-8-6-11-10(7-12(3,4)15-11)9(2)13(8,5)14/h6,9H,7,14H2,1-5H3. The van der Waals surface area contributed by atoms with Gasteiger partial charge in [-0.05, 0) is 44.9 Å². The van der Waals surface area contributed by atoms with Gasteiger partial charge in [0, 0.05) is 17.9 Å². The number of ether oxygens (including phenoxy) is 1. The molecule has 0 aromatic rings. The van der Waals surface area contributed by atoms with Crippen molar-refractivity contribution < 1.29 is 4.74 Å². The van der Waals surface area contributed by atoms with Crippen molar-refractivity contribution in [3.05, 3.63) is 23.0 Å². The van der Waals surface area contributed by atoms with Crippen molar-refractivity contribution in [2.45, 2.75) is 52.2 Å². The van der Waals surface area contributed by atoms with E-state index in [0.29, 0.717) is 5.92 Å². The molecule has 2 N–H and O–H groups in total. The Hall–Kier alpha value is -0.760. The topological polar surface area (TPSA) is 35.2 Å². The zero-order valence-electron chi connectivity index (χ0n) is 10.3. The number of nitrogens with two attached hydrogens (primary N) is 1. The number of hydrogen-bond donors (Lipinski definition) is 1. The van der Waals surface area contributed by atoms with Crippen molar-refractivity contribution in [3.63, 3.8) is 0 Å². The minimum absolute atomic E-state index is 0.0594. The fourth-order valence-electron chi connectivity index (χ4n) is 2.49. The van der Waals surface area contributed by atoms with Crippen molar-refractivity contribution in [3.8, 4) is 0 Å². The van der Waals surface area contributed by atoms with Crippen LogP contribution in [0, 0.1) is 5.92 Å². The highest BCUT2D eigenvalue weighted by molar-refractivity contribution is 5.41. The fraction of sp³-hybridized carbons (Fsp3) is 0.692. The van der Waals surface area contributed by atoms with Crippen LogP contribution in [0.2, 0.25) is 0 Å². The SMILES string of the molecule is CC1=CC2=C(CC(C)(C)O2)C(C)C1(C)N. The van der Waals surface area contributed by atoms with Gasteiger partial charge in [-0.2, -0.15) is 0 Å². The molecule has 2 aliphatic rings. The molecular formula is C13H21NO. The van der Waals surface area contributed by atoms with E-state index >= 15 is 0 Å². The Labute approximate surface area is 92.2 Å². The van der Waals surface area contributed by atoms with Crippen LogP contribution in [-0.2, 0) is 4.74 Å². The van der Waals surface area contributed by atoms with Gasteiger partial charge in [0.15, 0.2) is 0 Å². The molecule has 0 fully saturated rings. The fourth-order valence-corrected chi connectivity index (χ4v) is 2.49. The van der Waals surface area contributed by atoms with Crippen molar-refractivity contribution in [1.29, 1.82) is 0 Å². The van der Waals surface area contributed by atoms with Crippen LogP contribution in [0.5, 0.6) is 0 Å². The molecule has 0 bridgehead atoms. The molecule has 0 saturated carbocycles. The van der Waals surface area contributed by atoms with Gasteiger partial charge in [-0.1, -0.05) is 6.92 Å². The molecule has 0 aromatic heterocycles. The lowest BCUT2D eigenvalue weighted by Gasteiger charge is -2.36. The molecular weight excluding hydrogens is 186 g/mol. The smallest absolute Gasteiger partial charge is 0.119 e. The average molecular weight is 207 g/mol. The van der Waals surface area contributed by atoms with Gasteiger partial charge in [0.25, 0.3) is 0 Å². The summed E-state index contributed by atoms with van der Waals surface area (Å²) in [7, 11) is 0.